The summed E-state index contributed by atoms with van der Waals surface area (Å²) in [4.78, 5) is 19.3. The summed E-state index contributed by atoms with van der Waals surface area (Å²) in [6.45, 7) is 3.46. The largest absolute Gasteiger partial charge is 0.287 e. The topological polar surface area (TPSA) is 32.7 Å². The van der Waals surface area contributed by atoms with Crippen molar-refractivity contribution in [3.63, 3.8) is 0 Å². The molecule has 0 saturated carbocycles. The summed E-state index contributed by atoms with van der Waals surface area (Å²) in [5.74, 6) is -0.0862. The molecule has 0 saturated heterocycles. The summed E-state index contributed by atoms with van der Waals surface area (Å²) < 4.78 is 0. The minimum atomic E-state index is -0.0862. The van der Waals surface area contributed by atoms with Gasteiger partial charge in [0.25, 0.3) is 5.91 Å². The van der Waals surface area contributed by atoms with Gasteiger partial charge in [-0.3, -0.25) is 14.7 Å². The predicted octanol–water partition coefficient (Wildman–Crippen LogP) is 4.52. The molecule has 1 aliphatic rings. The highest BCUT2D eigenvalue weighted by atomic mass is 35.5. The van der Waals surface area contributed by atoms with E-state index in [0.29, 0.717) is 22.4 Å². The molecular formula is C19H19ClN2OS. The van der Waals surface area contributed by atoms with Crippen LogP contribution in [0.2, 0.25) is 5.02 Å². The van der Waals surface area contributed by atoms with Crippen LogP contribution in [0.1, 0.15) is 22.8 Å². The van der Waals surface area contributed by atoms with Crippen molar-refractivity contribution >= 4 is 34.4 Å². The van der Waals surface area contributed by atoms with E-state index in [1.807, 2.05) is 30.3 Å². The number of rotatable bonds is 4. The number of carbonyl (C=O) groups excluding carboxylic acids is 1. The number of hydrogen-bond acceptors (Lipinski definition) is 3. The van der Waals surface area contributed by atoms with Crippen LogP contribution in [0.4, 0.5) is 0 Å². The zero-order valence-corrected chi connectivity index (χ0v) is 15.1. The van der Waals surface area contributed by atoms with E-state index in [0.717, 1.165) is 18.1 Å². The molecule has 3 rings (SSSR count). The van der Waals surface area contributed by atoms with Crippen LogP contribution < -0.4 is 0 Å². The summed E-state index contributed by atoms with van der Waals surface area (Å²) in [5, 5.41) is 1.67. The minimum Gasteiger partial charge on any atom is -0.287 e. The predicted molar refractivity (Wildman–Crippen MR) is 102 cm³/mol. The lowest BCUT2D eigenvalue weighted by Crippen LogP contribution is -2.36. The molecule has 0 aromatic heterocycles. The Hall–Kier alpha value is -1.78. The van der Waals surface area contributed by atoms with Gasteiger partial charge in [-0.15, -0.1) is 0 Å². The molecular weight excluding hydrogens is 340 g/mol. The molecule has 0 N–H and O–H groups in total. The van der Waals surface area contributed by atoms with Gasteiger partial charge in [0.05, 0.1) is 17.1 Å². The van der Waals surface area contributed by atoms with Crippen LogP contribution in [0, 0.1) is 0 Å². The quantitative estimate of drug-likeness (QED) is 0.805. The SMILES string of the molecule is CC1CN=C(N(CCc2ccccc2)C(=O)c2ccccc2Cl)S1. The van der Waals surface area contributed by atoms with Crippen LogP contribution in [-0.4, -0.2) is 34.3 Å². The number of benzene rings is 2. The average Bonchev–Trinajstić information content (AvgIpc) is 3.02. The van der Waals surface area contributed by atoms with Crippen molar-refractivity contribution in [2.75, 3.05) is 13.1 Å². The summed E-state index contributed by atoms with van der Waals surface area (Å²) in [7, 11) is 0. The molecule has 3 nitrogen and oxygen atoms in total. The molecule has 0 fully saturated rings. The molecule has 2 aromatic carbocycles. The van der Waals surface area contributed by atoms with Crippen molar-refractivity contribution in [2.45, 2.75) is 18.6 Å². The van der Waals surface area contributed by atoms with Crippen molar-refractivity contribution in [1.29, 1.82) is 0 Å². The van der Waals surface area contributed by atoms with Crippen LogP contribution >= 0.6 is 23.4 Å². The van der Waals surface area contributed by atoms with E-state index in [4.69, 9.17) is 11.6 Å². The first-order valence-corrected chi connectivity index (χ1v) is 9.22. The van der Waals surface area contributed by atoms with Crippen molar-refractivity contribution in [3.05, 3.63) is 70.7 Å². The van der Waals surface area contributed by atoms with E-state index in [-0.39, 0.29) is 5.91 Å². The summed E-state index contributed by atoms with van der Waals surface area (Å²) in [6, 6.07) is 17.3. The highest BCUT2D eigenvalue weighted by Gasteiger charge is 2.27. The molecule has 5 heteroatoms. The fourth-order valence-corrected chi connectivity index (χ4v) is 3.74. The Morgan fingerprint density at radius 3 is 2.58 bits per heavy atom. The number of carbonyl (C=O) groups is 1. The van der Waals surface area contributed by atoms with Crippen LogP contribution in [0.25, 0.3) is 0 Å². The van der Waals surface area contributed by atoms with Crippen molar-refractivity contribution < 1.29 is 4.79 Å². The van der Waals surface area contributed by atoms with Crippen molar-refractivity contribution in [2.24, 2.45) is 4.99 Å². The third-order valence-corrected chi connectivity index (χ3v) is 5.28. The Labute approximate surface area is 151 Å². The Morgan fingerprint density at radius 2 is 1.92 bits per heavy atom. The molecule has 0 aliphatic carbocycles. The number of halogens is 1. The summed E-state index contributed by atoms with van der Waals surface area (Å²) in [5.41, 5.74) is 1.72. The van der Waals surface area contributed by atoms with E-state index in [1.165, 1.54) is 5.56 Å². The van der Waals surface area contributed by atoms with Crippen LogP contribution in [0.15, 0.2) is 59.6 Å². The summed E-state index contributed by atoms with van der Waals surface area (Å²) >= 11 is 7.87. The third-order valence-electron chi connectivity index (χ3n) is 3.84. The van der Waals surface area contributed by atoms with Crippen LogP contribution in [0.5, 0.6) is 0 Å². The van der Waals surface area contributed by atoms with Gasteiger partial charge in [0, 0.05) is 11.8 Å². The normalized spacial score (nSPS) is 16.8. The first kappa shape index (κ1) is 17.1. The molecule has 2 aromatic rings. The molecule has 24 heavy (non-hydrogen) atoms. The first-order valence-electron chi connectivity index (χ1n) is 7.96. The van der Waals surface area contributed by atoms with Gasteiger partial charge in [0.15, 0.2) is 5.17 Å². The lowest BCUT2D eigenvalue weighted by molar-refractivity contribution is 0.0851. The number of amides is 1. The monoisotopic (exact) mass is 358 g/mol. The molecule has 0 radical (unpaired) electrons. The first-order chi connectivity index (χ1) is 11.6. The zero-order chi connectivity index (χ0) is 16.9. The molecule has 0 bridgehead atoms. The fourth-order valence-electron chi connectivity index (χ4n) is 2.56. The molecule has 1 atom stereocenters. The van der Waals surface area contributed by atoms with Gasteiger partial charge in [-0.1, -0.05) is 72.8 Å². The molecule has 1 aliphatic heterocycles. The Balaban J connectivity index is 1.82. The summed E-state index contributed by atoms with van der Waals surface area (Å²) in [6.07, 6.45) is 0.783. The maximum atomic E-state index is 13.0. The Kier molecular flexibility index (Phi) is 5.59. The Morgan fingerprint density at radius 1 is 1.21 bits per heavy atom. The highest BCUT2D eigenvalue weighted by Crippen LogP contribution is 2.26. The lowest BCUT2D eigenvalue weighted by Gasteiger charge is -2.23. The highest BCUT2D eigenvalue weighted by molar-refractivity contribution is 8.14. The maximum absolute atomic E-state index is 13.0. The second-order valence-electron chi connectivity index (χ2n) is 5.72. The van der Waals surface area contributed by atoms with Gasteiger partial charge < -0.3 is 0 Å². The maximum Gasteiger partial charge on any atom is 0.261 e. The van der Waals surface area contributed by atoms with Crippen LogP contribution in [-0.2, 0) is 6.42 Å². The van der Waals surface area contributed by atoms with E-state index in [2.05, 4.69) is 24.0 Å². The van der Waals surface area contributed by atoms with E-state index in [1.54, 1.807) is 28.8 Å². The zero-order valence-electron chi connectivity index (χ0n) is 13.5. The van der Waals surface area contributed by atoms with Crippen molar-refractivity contribution in [1.82, 2.24) is 4.90 Å². The number of amidine groups is 1. The fraction of sp³-hybridized carbons (Fsp3) is 0.263. The van der Waals surface area contributed by atoms with E-state index in [9.17, 15) is 4.79 Å². The van der Waals surface area contributed by atoms with Gasteiger partial charge in [-0.05, 0) is 24.1 Å². The second-order valence-corrected chi connectivity index (χ2v) is 7.54. The number of hydrogen-bond donors (Lipinski definition) is 0. The molecule has 1 heterocycles. The molecule has 124 valence electrons. The van der Waals surface area contributed by atoms with Crippen molar-refractivity contribution in [3.8, 4) is 0 Å². The average molecular weight is 359 g/mol. The standard InChI is InChI=1S/C19H19ClN2OS/c1-14-13-21-19(24-14)22(12-11-15-7-3-2-4-8-15)18(23)16-9-5-6-10-17(16)20/h2-10,14H,11-13H2,1H3. The number of thioether (sulfide) groups is 1. The van der Waals surface area contributed by atoms with Gasteiger partial charge in [0.1, 0.15) is 0 Å². The van der Waals surface area contributed by atoms with Crippen LogP contribution in [0.3, 0.4) is 0 Å². The van der Waals surface area contributed by atoms with E-state index < -0.39 is 0 Å². The number of nitrogens with zero attached hydrogens (tertiary/aromatic N) is 2. The van der Waals surface area contributed by atoms with Gasteiger partial charge in [0.2, 0.25) is 0 Å². The minimum absolute atomic E-state index is 0.0862. The molecule has 1 amide bonds. The molecule has 1 unspecified atom stereocenters. The van der Waals surface area contributed by atoms with E-state index >= 15 is 0 Å². The third kappa shape index (κ3) is 4.00. The van der Waals surface area contributed by atoms with Gasteiger partial charge in [-0.2, -0.15) is 0 Å². The van der Waals surface area contributed by atoms with Gasteiger partial charge in [-0.25, -0.2) is 0 Å². The second kappa shape index (κ2) is 7.86. The lowest BCUT2D eigenvalue weighted by atomic mass is 10.1. The Bertz CT molecular complexity index is 748. The van der Waals surface area contributed by atoms with Gasteiger partial charge >= 0.3 is 0 Å². The smallest absolute Gasteiger partial charge is 0.261 e. The number of aliphatic imine (C=N–C) groups is 1. The molecule has 0 spiro atoms.